The van der Waals surface area contributed by atoms with E-state index in [9.17, 15) is 14.4 Å². The van der Waals surface area contributed by atoms with E-state index in [0.29, 0.717) is 31.4 Å². The van der Waals surface area contributed by atoms with Crippen molar-refractivity contribution in [1.82, 2.24) is 19.4 Å². The van der Waals surface area contributed by atoms with Crippen LogP contribution in [-0.2, 0) is 4.74 Å². The molecule has 2 aromatic heterocycles. The molecule has 2 aromatic rings. The Balaban J connectivity index is 1.90. The zero-order chi connectivity index (χ0) is 19.8. The maximum Gasteiger partial charge on any atom is 0.410 e. The van der Waals surface area contributed by atoms with E-state index in [0.717, 1.165) is 0 Å². The fourth-order valence-electron chi connectivity index (χ4n) is 3.15. The summed E-state index contributed by atoms with van der Waals surface area (Å²) in [5.74, 6) is 0. The summed E-state index contributed by atoms with van der Waals surface area (Å²) in [4.78, 5) is 45.0. The van der Waals surface area contributed by atoms with Gasteiger partial charge in [0.05, 0.1) is 5.52 Å². The standard InChI is InChI=1S/C18H21N5O4/c1-18(2,3)27-17(26)22-8-6-12(7-9-22)23-14-13(21-15(24)16(23)25)5-4-11(10-19)20-14/h4-5,12H,6-9H2,1-3H3,(H,21,24). The van der Waals surface area contributed by atoms with Crippen LogP contribution in [0.15, 0.2) is 21.7 Å². The number of hydrogen-bond acceptors (Lipinski definition) is 6. The van der Waals surface area contributed by atoms with Crippen LogP contribution in [0.3, 0.4) is 0 Å². The predicted octanol–water partition coefficient (Wildman–Crippen LogP) is 1.53. The number of nitrogens with zero attached hydrogens (tertiary/aromatic N) is 4. The minimum atomic E-state index is -0.733. The van der Waals surface area contributed by atoms with Gasteiger partial charge in [-0.05, 0) is 45.7 Å². The van der Waals surface area contributed by atoms with Crippen LogP contribution in [0.4, 0.5) is 4.79 Å². The van der Waals surface area contributed by atoms with Gasteiger partial charge < -0.3 is 14.6 Å². The number of aromatic nitrogens is 3. The van der Waals surface area contributed by atoms with Gasteiger partial charge in [-0.15, -0.1) is 0 Å². The van der Waals surface area contributed by atoms with Crippen molar-refractivity contribution >= 4 is 17.3 Å². The molecule has 142 valence electrons. The molecule has 1 aliphatic rings. The van der Waals surface area contributed by atoms with E-state index in [1.807, 2.05) is 6.07 Å². The Morgan fingerprint density at radius 1 is 1.30 bits per heavy atom. The fourth-order valence-corrected chi connectivity index (χ4v) is 3.15. The molecule has 0 atom stereocenters. The third kappa shape index (κ3) is 3.84. The van der Waals surface area contributed by atoms with Gasteiger partial charge in [0.25, 0.3) is 0 Å². The van der Waals surface area contributed by atoms with E-state index in [-0.39, 0.29) is 17.4 Å². The Bertz CT molecular complexity index is 1030. The molecule has 3 rings (SSSR count). The van der Waals surface area contributed by atoms with Crippen LogP contribution in [0.25, 0.3) is 11.2 Å². The number of carbonyl (C=O) groups is 1. The molecule has 1 fully saturated rings. The van der Waals surface area contributed by atoms with E-state index >= 15 is 0 Å². The summed E-state index contributed by atoms with van der Waals surface area (Å²) >= 11 is 0. The summed E-state index contributed by atoms with van der Waals surface area (Å²) in [6.07, 6.45) is 0.570. The first-order valence-corrected chi connectivity index (χ1v) is 8.73. The molecule has 27 heavy (non-hydrogen) atoms. The van der Waals surface area contributed by atoms with Gasteiger partial charge in [0, 0.05) is 19.1 Å². The number of pyridine rings is 1. The number of nitrogens with one attached hydrogen (secondary N) is 1. The first-order chi connectivity index (χ1) is 12.7. The molecular weight excluding hydrogens is 350 g/mol. The second kappa shape index (κ2) is 6.87. The minimum Gasteiger partial charge on any atom is -0.444 e. The van der Waals surface area contributed by atoms with Gasteiger partial charge in [0.2, 0.25) is 0 Å². The zero-order valence-electron chi connectivity index (χ0n) is 15.5. The SMILES string of the molecule is CC(C)(C)OC(=O)N1CCC(n2c(=O)c(=O)[nH]c3ccc(C#N)nc32)CC1. The smallest absolute Gasteiger partial charge is 0.410 e. The average molecular weight is 371 g/mol. The van der Waals surface area contributed by atoms with Crippen LogP contribution in [0.2, 0.25) is 0 Å². The van der Waals surface area contributed by atoms with E-state index in [2.05, 4.69) is 9.97 Å². The maximum absolute atomic E-state index is 12.5. The average Bonchev–Trinajstić information content (AvgIpc) is 2.61. The Morgan fingerprint density at radius 2 is 1.96 bits per heavy atom. The van der Waals surface area contributed by atoms with E-state index in [1.54, 1.807) is 31.7 Å². The van der Waals surface area contributed by atoms with Gasteiger partial charge >= 0.3 is 17.2 Å². The number of fused-ring (bicyclic) bond motifs is 1. The first kappa shape index (κ1) is 18.6. The third-order valence-corrected chi connectivity index (χ3v) is 4.36. The number of carbonyl (C=O) groups excluding carboxylic acids is 1. The van der Waals surface area contributed by atoms with Crippen molar-refractivity contribution in [3.8, 4) is 6.07 Å². The van der Waals surface area contributed by atoms with Crippen molar-refractivity contribution in [2.24, 2.45) is 0 Å². The minimum absolute atomic E-state index is 0.161. The highest BCUT2D eigenvalue weighted by molar-refractivity contribution is 5.71. The lowest BCUT2D eigenvalue weighted by Crippen LogP contribution is -2.45. The molecule has 1 saturated heterocycles. The molecular formula is C18H21N5O4. The molecule has 1 aliphatic heterocycles. The normalized spacial score (nSPS) is 15.6. The molecule has 1 N–H and O–H groups in total. The van der Waals surface area contributed by atoms with Gasteiger partial charge in [-0.1, -0.05) is 0 Å². The van der Waals surface area contributed by atoms with Crippen molar-refractivity contribution in [1.29, 1.82) is 5.26 Å². The van der Waals surface area contributed by atoms with Gasteiger partial charge in [-0.25, -0.2) is 9.78 Å². The zero-order valence-corrected chi connectivity index (χ0v) is 15.5. The monoisotopic (exact) mass is 371 g/mol. The highest BCUT2D eigenvalue weighted by Crippen LogP contribution is 2.24. The van der Waals surface area contributed by atoms with Gasteiger partial charge in [0.15, 0.2) is 5.65 Å². The number of ether oxygens (including phenoxy) is 1. The van der Waals surface area contributed by atoms with Crippen molar-refractivity contribution < 1.29 is 9.53 Å². The Kier molecular flexibility index (Phi) is 4.74. The van der Waals surface area contributed by atoms with Crippen molar-refractivity contribution in [2.45, 2.75) is 45.3 Å². The number of hydrogen-bond donors (Lipinski definition) is 1. The molecule has 0 aromatic carbocycles. The molecule has 0 aliphatic carbocycles. The van der Waals surface area contributed by atoms with E-state index < -0.39 is 22.8 Å². The second-order valence-electron chi connectivity index (χ2n) is 7.51. The van der Waals surface area contributed by atoms with Gasteiger partial charge in [-0.2, -0.15) is 5.26 Å². The van der Waals surface area contributed by atoms with Crippen LogP contribution in [0.1, 0.15) is 45.3 Å². The topological polar surface area (TPSA) is 121 Å². The lowest BCUT2D eigenvalue weighted by molar-refractivity contribution is 0.0188. The van der Waals surface area contributed by atoms with Crippen LogP contribution in [0.5, 0.6) is 0 Å². The van der Waals surface area contributed by atoms with E-state index in [1.165, 1.54) is 10.6 Å². The van der Waals surface area contributed by atoms with Crippen LogP contribution >= 0.6 is 0 Å². The molecule has 0 bridgehead atoms. The van der Waals surface area contributed by atoms with Crippen molar-refractivity contribution in [3.63, 3.8) is 0 Å². The molecule has 3 heterocycles. The number of likely N-dealkylation sites (tertiary alicyclic amines) is 1. The summed E-state index contributed by atoms with van der Waals surface area (Å²) in [6.45, 7) is 6.21. The molecule has 0 spiro atoms. The quantitative estimate of drug-likeness (QED) is 0.759. The molecule has 9 nitrogen and oxygen atoms in total. The fraction of sp³-hybridized carbons (Fsp3) is 0.500. The summed E-state index contributed by atoms with van der Waals surface area (Å²) in [5, 5.41) is 9.08. The number of amides is 1. The van der Waals surface area contributed by atoms with Crippen LogP contribution in [-0.4, -0.2) is 44.2 Å². The molecule has 0 radical (unpaired) electrons. The Labute approximate surface area is 155 Å². The number of piperidine rings is 1. The first-order valence-electron chi connectivity index (χ1n) is 8.73. The predicted molar refractivity (Wildman–Crippen MR) is 97.4 cm³/mol. The summed E-state index contributed by atoms with van der Waals surface area (Å²) in [7, 11) is 0. The highest BCUT2D eigenvalue weighted by Gasteiger charge is 2.29. The number of rotatable bonds is 1. The lowest BCUT2D eigenvalue weighted by Gasteiger charge is -2.34. The molecule has 0 unspecified atom stereocenters. The highest BCUT2D eigenvalue weighted by atomic mass is 16.6. The molecule has 1 amide bonds. The second-order valence-corrected chi connectivity index (χ2v) is 7.51. The number of nitriles is 1. The van der Waals surface area contributed by atoms with Crippen molar-refractivity contribution in [3.05, 3.63) is 38.5 Å². The third-order valence-electron chi connectivity index (χ3n) is 4.36. The lowest BCUT2D eigenvalue weighted by atomic mass is 10.0. The Morgan fingerprint density at radius 3 is 2.56 bits per heavy atom. The number of H-pyrrole nitrogens is 1. The van der Waals surface area contributed by atoms with Crippen LogP contribution in [0, 0.1) is 11.3 Å². The summed E-state index contributed by atoms with van der Waals surface area (Å²) < 4.78 is 6.73. The van der Waals surface area contributed by atoms with Gasteiger partial charge in [0.1, 0.15) is 17.4 Å². The maximum atomic E-state index is 12.5. The van der Waals surface area contributed by atoms with Crippen LogP contribution < -0.4 is 11.1 Å². The summed E-state index contributed by atoms with van der Waals surface area (Å²) in [5.41, 5.74) is -1.19. The summed E-state index contributed by atoms with van der Waals surface area (Å²) in [6, 6.07) is 4.70. The van der Waals surface area contributed by atoms with E-state index in [4.69, 9.17) is 10.00 Å². The molecule has 0 saturated carbocycles. The largest absolute Gasteiger partial charge is 0.444 e. The molecule has 9 heteroatoms. The Hall–Kier alpha value is -3.15. The number of aromatic amines is 1. The van der Waals surface area contributed by atoms with Gasteiger partial charge in [-0.3, -0.25) is 14.2 Å². The van der Waals surface area contributed by atoms with Crippen molar-refractivity contribution in [2.75, 3.05) is 13.1 Å².